The van der Waals surface area contributed by atoms with Gasteiger partial charge in [0.15, 0.2) is 0 Å². The minimum Gasteiger partial charge on any atom is -0.508 e. The summed E-state index contributed by atoms with van der Waals surface area (Å²) in [5, 5.41) is 13.7. The Bertz CT molecular complexity index is 921. The van der Waals surface area contributed by atoms with E-state index in [1.54, 1.807) is 0 Å². The molecule has 2 aromatic rings. The van der Waals surface area contributed by atoms with Gasteiger partial charge in [-0.1, -0.05) is 13.3 Å². The molecule has 1 atom stereocenters. The number of carbonyl (C=O) groups excluding carboxylic acids is 1. The summed E-state index contributed by atoms with van der Waals surface area (Å²) in [6.07, 6.45) is 4.47. The molecule has 2 N–H and O–H groups in total. The summed E-state index contributed by atoms with van der Waals surface area (Å²) in [5.41, 5.74) is 4.08. The standard InChI is InChI=1S/C26H35N3O3/c1-3-4-17-32-21-8-5-19(6-9-21)26(31)27-20-7-10-22-23(18-20)24(11-12-25(22)30)29-15-13-28(2)14-16-29/h5-6,8-9,11-12,20,30H,3-4,7,10,13-18H2,1-2H3,(H,27,31)/t20-/m1/s1. The van der Waals surface area contributed by atoms with Crippen molar-refractivity contribution < 1.29 is 14.6 Å². The molecule has 2 aliphatic rings. The highest BCUT2D eigenvalue weighted by Crippen LogP contribution is 2.36. The predicted molar refractivity (Wildman–Crippen MR) is 128 cm³/mol. The van der Waals surface area contributed by atoms with Crippen molar-refractivity contribution >= 4 is 11.6 Å². The number of unbranched alkanes of at least 4 members (excludes halogenated alkanes) is 1. The van der Waals surface area contributed by atoms with Crippen LogP contribution in [-0.2, 0) is 12.8 Å². The largest absolute Gasteiger partial charge is 0.508 e. The minimum atomic E-state index is -0.0557. The van der Waals surface area contributed by atoms with Crippen LogP contribution in [0.2, 0.25) is 0 Å². The van der Waals surface area contributed by atoms with Gasteiger partial charge in [-0.25, -0.2) is 0 Å². The first kappa shape index (κ1) is 22.5. The first-order valence-electron chi connectivity index (χ1n) is 11.9. The van der Waals surface area contributed by atoms with Gasteiger partial charge < -0.3 is 25.0 Å². The molecule has 1 amide bonds. The van der Waals surface area contributed by atoms with Crippen molar-refractivity contribution in [2.24, 2.45) is 0 Å². The third-order valence-corrected chi connectivity index (χ3v) is 6.64. The van der Waals surface area contributed by atoms with E-state index in [1.807, 2.05) is 36.4 Å². The Labute approximate surface area is 191 Å². The van der Waals surface area contributed by atoms with Gasteiger partial charge in [-0.05, 0) is 80.3 Å². The highest BCUT2D eigenvalue weighted by atomic mass is 16.5. The van der Waals surface area contributed by atoms with Crippen molar-refractivity contribution in [3.05, 3.63) is 53.1 Å². The van der Waals surface area contributed by atoms with Crippen LogP contribution in [0.3, 0.4) is 0 Å². The van der Waals surface area contributed by atoms with E-state index in [2.05, 4.69) is 29.1 Å². The number of carbonyl (C=O) groups is 1. The average molecular weight is 438 g/mol. The van der Waals surface area contributed by atoms with Crippen molar-refractivity contribution in [1.29, 1.82) is 0 Å². The molecule has 4 rings (SSSR count). The number of ether oxygens (including phenoxy) is 1. The lowest BCUT2D eigenvalue weighted by Crippen LogP contribution is -2.45. The van der Waals surface area contributed by atoms with Crippen molar-refractivity contribution in [2.75, 3.05) is 44.7 Å². The van der Waals surface area contributed by atoms with E-state index < -0.39 is 0 Å². The molecule has 0 aromatic heterocycles. The second-order valence-corrected chi connectivity index (χ2v) is 8.99. The number of fused-ring (bicyclic) bond motifs is 1. The van der Waals surface area contributed by atoms with Gasteiger partial charge in [0.1, 0.15) is 11.5 Å². The van der Waals surface area contributed by atoms with Crippen LogP contribution in [-0.4, -0.2) is 61.8 Å². The monoisotopic (exact) mass is 437 g/mol. The average Bonchev–Trinajstić information content (AvgIpc) is 2.81. The van der Waals surface area contributed by atoms with Crippen LogP contribution in [0.1, 0.15) is 47.7 Å². The molecular formula is C26H35N3O3. The Morgan fingerprint density at radius 3 is 2.56 bits per heavy atom. The number of rotatable bonds is 7. The van der Waals surface area contributed by atoms with E-state index >= 15 is 0 Å². The predicted octanol–water partition coefficient (Wildman–Crippen LogP) is 3.61. The third-order valence-electron chi connectivity index (χ3n) is 6.64. The molecule has 172 valence electrons. The van der Waals surface area contributed by atoms with Crippen LogP contribution in [0.25, 0.3) is 0 Å². The molecule has 6 nitrogen and oxygen atoms in total. The number of amides is 1. The second-order valence-electron chi connectivity index (χ2n) is 8.99. The number of phenolic OH excluding ortho intramolecular Hbond substituents is 1. The first-order valence-corrected chi connectivity index (χ1v) is 11.9. The minimum absolute atomic E-state index is 0.0557. The van der Waals surface area contributed by atoms with Crippen LogP contribution in [0.5, 0.6) is 11.5 Å². The molecule has 6 heteroatoms. The smallest absolute Gasteiger partial charge is 0.251 e. The number of hydrogen-bond donors (Lipinski definition) is 2. The fraction of sp³-hybridized carbons (Fsp3) is 0.500. The number of nitrogens with zero attached hydrogens (tertiary/aromatic N) is 2. The zero-order valence-electron chi connectivity index (χ0n) is 19.3. The molecule has 0 spiro atoms. The lowest BCUT2D eigenvalue weighted by Gasteiger charge is -2.37. The van der Waals surface area contributed by atoms with Crippen LogP contribution >= 0.6 is 0 Å². The maximum absolute atomic E-state index is 12.9. The summed E-state index contributed by atoms with van der Waals surface area (Å²) in [5.74, 6) is 1.12. The Hall–Kier alpha value is -2.73. The summed E-state index contributed by atoms with van der Waals surface area (Å²) in [6, 6.07) is 11.3. The van der Waals surface area contributed by atoms with E-state index in [4.69, 9.17) is 4.74 Å². The van der Waals surface area contributed by atoms with Gasteiger partial charge in [0, 0.05) is 43.5 Å². The number of benzene rings is 2. The number of piperazine rings is 1. The second kappa shape index (κ2) is 10.3. The highest BCUT2D eigenvalue weighted by Gasteiger charge is 2.27. The highest BCUT2D eigenvalue weighted by molar-refractivity contribution is 5.94. The van der Waals surface area contributed by atoms with Gasteiger partial charge in [-0.15, -0.1) is 0 Å². The van der Waals surface area contributed by atoms with Gasteiger partial charge in [-0.2, -0.15) is 0 Å². The zero-order valence-corrected chi connectivity index (χ0v) is 19.3. The number of nitrogens with one attached hydrogen (secondary N) is 1. The molecule has 1 heterocycles. The molecule has 1 fully saturated rings. The number of phenols is 1. The van der Waals surface area contributed by atoms with Crippen LogP contribution in [0.4, 0.5) is 5.69 Å². The third kappa shape index (κ3) is 5.18. The zero-order chi connectivity index (χ0) is 22.5. The van der Waals surface area contributed by atoms with Gasteiger partial charge >= 0.3 is 0 Å². The molecule has 1 aliphatic carbocycles. The molecular weight excluding hydrogens is 402 g/mol. The summed E-state index contributed by atoms with van der Waals surface area (Å²) < 4.78 is 5.70. The van der Waals surface area contributed by atoms with E-state index in [1.165, 1.54) is 11.3 Å². The van der Waals surface area contributed by atoms with Crippen LogP contribution in [0, 0.1) is 0 Å². The molecule has 2 aromatic carbocycles. The van der Waals surface area contributed by atoms with Gasteiger partial charge in [0.05, 0.1) is 6.61 Å². The first-order chi connectivity index (χ1) is 15.5. The molecule has 0 radical (unpaired) electrons. The van der Waals surface area contributed by atoms with E-state index in [9.17, 15) is 9.90 Å². The van der Waals surface area contributed by atoms with Gasteiger partial charge in [0.25, 0.3) is 5.91 Å². The normalized spacial score (nSPS) is 18.8. The lowest BCUT2D eigenvalue weighted by atomic mass is 9.86. The number of hydrogen-bond acceptors (Lipinski definition) is 5. The van der Waals surface area contributed by atoms with E-state index in [-0.39, 0.29) is 11.9 Å². The quantitative estimate of drug-likeness (QED) is 0.648. The van der Waals surface area contributed by atoms with E-state index in [0.717, 1.165) is 69.6 Å². The fourth-order valence-corrected chi connectivity index (χ4v) is 4.61. The number of anilines is 1. The van der Waals surface area contributed by atoms with Crippen molar-refractivity contribution in [3.8, 4) is 11.5 Å². The number of likely N-dealkylation sites (N-methyl/N-ethyl adjacent to an activating group) is 1. The van der Waals surface area contributed by atoms with Crippen LogP contribution < -0.4 is 15.0 Å². The van der Waals surface area contributed by atoms with Crippen molar-refractivity contribution in [1.82, 2.24) is 10.2 Å². The summed E-state index contributed by atoms with van der Waals surface area (Å²) >= 11 is 0. The number of aromatic hydroxyl groups is 1. The van der Waals surface area contributed by atoms with Crippen LogP contribution in [0.15, 0.2) is 36.4 Å². The summed E-state index contributed by atoms with van der Waals surface area (Å²) in [4.78, 5) is 17.6. The molecule has 0 saturated carbocycles. The van der Waals surface area contributed by atoms with Gasteiger partial charge in [-0.3, -0.25) is 4.79 Å². The van der Waals surface area contributed by atoms with E-state index in [0.29, 0.717) is 17.9 Å². The Morgan fingerprint density at radius 2 is 1.84 bits per heavy atom. The molecule has 0 bridgehead atoms. The summed E-state index contributed by atoms with van der Waals surface area (Å²) in [6.45, 7) is 6.87. The van der Waals surface area contributed by atoms with Gasteiger partial charge in [0.2, 0.25) is 0 Å². The fourth-order valence-electron chi connectivity index (χ4n) is 4.61. The Kier molecular flexibility index (Phi) is 7.20. The molecule has 0 unspecified atom stereocenters. The molecule has 1 aliphatic heterocycles. The lowest BCUT2D eigenvalue weighted by molar-refractivity contribution is 0.0933. The van der Waals surface area contributed by atoms with Crippen molar-refractivity contribution in [3.63, 3.8) is 0 Å². The maximum Gasteiger partial charge on any atom is 0.251 e. The summed E-state index contributed by atoms with van der Waals surface area (Å²) in [7, 11) is 2.15. The molecule has 1 saturated heterocycles. The maximum atomic E-state index is 12.9. The topological polar surface area (TPSA) is 65.0 Å². The van der Waals surface area contributed by atoms with Crippen molar-refractivity contribution in [2.45, 2.75) is 45.1 Å². The Morgan fingerprint density at radius 1 is 1.09 bits per heavy atom. The Balaban J connectivity index is 1.42. The molecule has 32 heavy (non-hydrogen) atoms. The SMILES string of the molecule is CCCCOc1ccc(C(=O)N[C@@H]2CCc3c(O)ccc(N4CCN(C)CC4)c3C2)cc1.